The molecule has 160 valence electrons. The molecule has 1 amide bonds. The molecule has 0 N–H and O–H groups in total. The van der Waals surface area contributed by atoms with Gasteiger partial charge in [-0.2, -0.15) is 4.31 Å². The molecule has 2 aromatic carbocycles. The van der Waals surface area contributed by atoms with Gasteiger partial charge in [0.1, 0.15) is 5.75 Å². The van der Waals surface area contributed by atoms with Gasteiger partial charge in [0.25, 0.3) is 5.91 Å². The van der Waals surface area contributed by atoms with Crippen LogP contribution in [0.2, 0.25) is 0 Å². The van der Waals surface area contributed by atoms with Gasteiger partial charge in [0.05, 0.1) is 4.90 Å². The molecule has 0 spiro atoms. The fraction of sp³-hybridized carbons (Fsp3) is 0.435. The number of amides is 1. The molecule has 2 aromatic rings. The van der Waals surface area contributed by atoms with Crippen molar-refractivity contribution in [3.8, 4) is 5.75 Å². The summed E-state index contributed by atoms with van der Waals surface area (Å²) in [5, 5.41) is 0. The number of hydrogen-bond donors (Lipinski definition) is 0. The van der Waals surface area contributed by atoms with Crippen LogP contribution in [0.3, 0.4) is 0 Å². The molecule has 4 rings (SSSR count). The van der Waals surface area contributed by atoms with Crippen molar-refractivity contribution < 1.29 is 17.9 Å². The van der Waals surface area contributed by atoms with E-state index in [1.807, 2.05) is 6.07 Å². The molecule has 7 heteroatoms. The number of nitrogens with zero attached hydrogens (tertiary/aromatic N) is 2. The van der Waals surface area contributed by atoms with Crippen LogP contribution in [0.5, 0.6) is 5.75 Å². The molecular weight excluding hydrogens is 400 g/mol. The van der Waals surface area contributed by atoms with E-state index < -0.39 is 16.1 Å². The van der Waals surface area contributed by atoms with Crippen LogP contribution in [0.15, 0.2) is 53.4 Å². The van der Waals surface area contributed by atoms with Gasteiger partial charge in [-0.05, 0) is 68.0 Å². The molecule has 1 unspecified atom stereocenters. The summed E-state index contributed by atoms with van der Waals surface area (Å²) >= 11 is 0. The topological polar surface area (TPSA) is 66.9 Å². The number of carbonyl (C=O) groups excluding carboxylic acids is 1. The molecular formula is C23H28N2O4S. The number of hydrogen-bond acceptors (Lipinski definition) is 4. The molecule has 6 nitrogen and oxygen atoms in total. The number of benzene rings is 2. The van der Waals surface area contributed by atoms with Gasteiger partial charge in [-0.3, -0.25) is 4.79 Å². The molecule has 1 aliphatic carbocycles. The Labute approximate surface area is 178 Å². The maximum Gasteiger partial charge on any atom is 0.263 e. The molecule has 30 heavy (non-hydrogen) atoms. The molecule has 1 aliphatic heterocycles. The van der Waals surface area contributed by atoms with Crippen LogP contribution in [-0.2, 0) is 27.7 Å². The Morgan fingerprint density at radius 1 is 0.933 bits per heavy atom. The van der Waals surface area contributed by atoms with Crippen molar-refractivity contribution in [1.29, 1.82) is 0 Å². The van der Waals surface area contributed by atoms with Crippen molar-refractivity contribution in [2.24, 2.45) is 0 Å². The largest absolute Gasteiger partial charge is 0.481 e. The normalized spacial score (nSPS) is 18.5. The minimum atomic E-state index is -3.52. The molecule has 2 aliphatic rings. The van der Waals surface area contributed by atoms with E-state index in [-0.39, 0.29) is 23.9 Å². The Hall–Kier alpha value is -2.38. The van der Waals surface area contributed by atoms with Gasteiger partial charge in [-0.25, -0.2) is 8.42 Å². The third-order valence-electron chi connectivity index (χ3n) is 5.91. The first-order valence-electron chi connectivity index (χ1n) is 10.6. The predicted octanol–water partition coefficient (Wildman–Crippen LogP) is 2.87. The average molecular weight is 429 g/mol. The first-order chi connectivity index (χ1) is 14.4. The fourth-order valence-corrected chi connectivity index (χ4v) is 5.63. The van der Waals surface area contributed by atoms with Gasteiger partial charge in [-0.15, -0.1) is 0 Å². The molecule has 1 heterocycles. The van der Waals surface area contributed by atoms with Crippen molar-refractivity contribution in [2.75, 3.05) is 26.2 Å². The van der Waals surface area contributed by atoms with Crippen molar-refractivity contribution in [2.45, 2.75) is 43.6 Å². The Morgan fingerprint density at radius 2 is 1.60 bits per heavy atom. The molecule has 1 saturated heterocycles. The zero-order chi connectivity index (χ0) is 21.1. The minimum absolute atomic E-state index is 0.107. The predicted molar refractivity (Wildman–Crippen MR) is 115 cm³/mol. The van der Waals surface area contributed by atoms with Crippen LogP contribution in [0.25, 0.3) is 0 Å². The van der Waals surface area contributed by atoms with Gasteiger partial charge in [0, 0.05) is 26.2 Å². The molecule has 1 atom stereocenters. The molecule has 0 saturated carbocycles. The zero-order valence-corrected chi connectivity index (χ0v) is 18.1. The van der Waals surface area contributed by atoms with E-state index >= 15 is 0 Å². The number of piperazine rings is 1. The monoisotopic (exact) mass is 428 g/mol. The quantitative estimate of drug-likeness (QED) is 0.735. The van der Waals surface area contributed by atoms with Crippen LogP contribution < -0.4 is 4.74 Å². The van der Waals surface area contributed by atoms with Crippen LogP contribution >= 0.6 is 0 Å². The van der Waals surface area contributed by atoms with Gasteiger partial charge in [0.2, 0.25) is 10.0 Å². The zero-order valence-electron chi connectivity index (χ0n) is 17.3. The summed E-state index contributed by atoms with van der Waals surface area (Å²) in [4.78, 5) is 14.8. The molecule has 0 radical (unpaired) electrons. The van der Waals surface area contributed by atoms with E-state index in [0.717, 1.165) is 18.6 Å². The van der Waals surface area contributed by atoms with Crippen LogP contribution in [-0.4, -0.2) is 55.8 Å². The molecule has 1 fully saturated rings. The van der Waals surface area contributed by atoms with E-state index in [0.29, 0.717) is 13.1 Å². The summed E-state index contributed by atoms with van der Waals surface area (Å²) in [5.41, 5.74) is 2.70. The SMILES string of the molecule is CC(Oc1ccc2c(c1)CCCC2)C(=O)N1CCN(S(=O)(=O)c2ccccc2)CC1. The number of sulfonamides is 1. The summed E-state index contributed by atoms with van der Waals surface area (Å²) in [7, 11) is -3.52. The number of fused-ring (bicyclic) bond motifs is 1. The standard InChI is InChI=1S/C23H28N2O4S/c1-18(29-21-12-11-19-7-5-6-8-20(19)17-21)23(26)24-13-15-25(16-14-24)30(27,28)22-9-3-2-4-10-22/h2-4,9-12,17-18H,5-8,13-16H2,1H3. The number of rotatable bonds is 5. The highest BCUT2D eigenvalue weighted by Crippen LogP contribution is 2.26. The summed E-state index contributed by atoms with van der Waals surface area (Å²) < 4.78 is 32.9. The van der Waals surface area contributed by atoms with Crippen molar-refractivity contribution in [3.63, 3.8) is 0 Å². The van der Waals surface area contributed by atoms with E-state index in [4.69, 9.17) is 4.74 Å². The Kier molecular flexibility index (Phi) is 6.11. The Balaban J connectivity index is 1.35. The van der Waals surface area contributed by atoms with Crippen molar-refractivity contribution in [3.05, 3.63) is 59.7 Å². The van der Waals surface area contributed by atoms with Crippen molar-refractivity contribution in [1.82, 2.24) is 9.21 Å². The number of aryl methyl sites for hydroxylation is 2. The van der Waals surface area contributed by atoms with Gasteiger partial charge in [0.15, 0.2) is 6.10 Å². The summed E-state index contributed by atoms with van der Waals surface area (Å²) in [6.45, 7) is 3.06. The molecule has 0 aromatic heterocycles. The molecule has 0 bridgehead atoms. The summed E-state index contributed by atoms with van der Waals surface area (Å²) in [6, 6.07) is 14.5. The lowest BCUT2D eigenvalue weighted by atomic mass is 9.92. The Bertz CT molecular complexity index is 999. The maximum absolute atomic E-state index is 12.9. The lowest BCUT2D eigenvalue weighted by molar-refractivity contribution is -0.139. The van der Waals surface area contributed by atoms with E-state index in [2.05, 4.69) is 12.1 Å². The summed E-state index contributed by atoms with van der Waals surface area (Å²) in [6.07, 6.45) is 3.99. The first kappa shape index (κ1) is 20.9. The van der Waals surface area contributed by atoms with Crippen molar-refractivity contribution >= 4 is 15.9 Å². The number of carbonyl (C=O) groups is 1. The lowest BCUT2D eigenvalue weighted by Gasteiger charge is -2.35. The highest BCUT2D eigenvalue weighted by atomic mass is 32.2. The minimum Gasteiger partial charge on any atom is -0.481 e. The van der Waals surface area contributed by atoms with E-state index in [9.17, 15) is 13.2 Å². The first-order valence-corrected chi connectivity index (χ1v) is 12.0. The van der Waals surface area contributed by atoms with Crippen LogP contribution in [0.1, 0.15) is 30.9 Å². The fourth-order valence-electron chi connectivity index (χ4n) is 4.19. The second-order valence-electron chi connectivity index (χ2n) is 7.94. The second-order valence-corrected chi connectivity index (χ2v) is 9.88. The van der Waals surface area contributed by atoms with E-state index in [1.165, 1.54) is 28.3 Å². The summed E-state index contributed by atoms with van der Waals surface area (Å²) in [5.74, 6) is 0.617. The van der Waals surface area contributed by atoms with Crippen LogP contribution in [0.4, 0.5) is 0 Å². The third-order valence-corrected chi connectivity index (χ3v) is 7.82. The maximum atomic E-state index is 12.9. The lowest BCUT2D eigenvalue weighted by Crippen LogP contribution is -2.53. The highest BCUT2D eigenvalue weighted by Gasteiger charge is 2.32. The van der Waals surface area contributed by atoms with Gasteiger partial charge < -0.3 is 9.64 Å². The smallest absolute Gasteiger partial charge is 0.263 e. The third kappa shape index (κ3) is 4.37. The van der Waals surface area contributed by atoms with E-state index in [1.54, 1.807) is 42.2 Å². The highest BCUT2D eigenvalue weighted by molar-refractivity contribution is 7.89. The van der Waals surface area contributed by atoms with Crippen LogP contribution in [0, 0.1) is 0 Å². The van der Waals surface area contributed by atoms with Gasteiger partial charge >= 0.3 is 0 Å². The number of ether oxygens (including phenoxy) is 1. The Morgan fingerprint density at radius 3 is 2.30 bits per heavy atom. The average Bonchev–Trinajstić information content (AvgIpc) is 2.79. The van der Waals surface area contributed by atoms with Gasteiger partial charge in [-0.1, -0.05) is 24.3 Å². The second kappa shape index (κ2) is 8.78.